The van der Waals surface area contributed by atoms with Gasteiger partial charge in [0.1, 0.15) is 17.3 Å². The predicted octanol–water partition coefficient (Wildman–Crippen LogP) is -2.48. The maximum absolute atomic E-state index is 11.1. The molecule has 0 saturated heterocycles. The minimum Gasteiger partial charge on any atom is -0.854 e. The van der Waals surface area contributed by atoms with Crippen molar-refractivity contribution >= 4 is 35.1 Å². The second-order valence-electron chi connectivity index (χ2n) is 8.26. The van der Waals surface area contributed by atoms with Gasteiger partial charge in [-0.15, -0.1) is 19.8 Å². The van der Waals surface area contributed by atoms with Gasteiger partial charge in [0.2, 0.25) is 17.7 Å². The van der Waals surface area contributed by atoms with Crippen molar-refractivity contribution in [3.05, 3.63) is 0 Å². The molecule has 0 fully saturated rings. The summed E-state index contributed by atoms with van der Waals surface area (Å²) >= 11 is 0. The van der Waals surface area contributed by atoms with E-state index in [0.717, 1.165) is 0 Å². The molecule has 0 N–H and O–H groups in total. The van der Waals surface area contributed by atoms with E-state index in [4.69, 9.17) is 0 Å². The summed E-state index contributed by atoms with van der Waals surface area (Å²) in [4.78, 5) is 69.0. The van der Waals surface area contributed by atoms with Crippen molar-refractivity contribution in [3.8, 4) is 0 Å². The summed E-state index contributed by atoms with van der Waals surface area (Å²) in [6.45, 7) is 4.89. The molecule has 0 aliphatic rings. The smallest absolute Gasteiger partial charge is 0.854 e. The summed E-state index contributed by atoms with van der Waals surface area (Å²) in [5.41, 5.74) is 0. The van der Waals surface area contributed by atoms with Gasteiger partial charge in [-0.3, -0.25) is 28.8 Å². The molecule has 0 atom stereocenters. The Morgan fingerprint density at radius 3 is 0.811 bits per heavy atom. The molecule has 13 heteroatoms. The third-order valence-electron chi connectivity index (χ3n) is 4.39. The van der Waals surface area contributed by atoms with Crippen LogP contribution in [-0.2, 0) is 45.8 Å². The first-order valence-corrected chi connectivity index (χ1v) is 11.7. The van der Waals surface area contributed by atoms with Gasteiger partial charge in [0.25, 0.3) is 0 Å². The topological polar surface area (TPSA) is 181 Å². The summed E-state index contributed by atoms with van der Waals surface area (Å²) in [5, 5.41) is 30.2. The number of hydrogen-bond donors (Lipinski definition) is 0. The van der Waals surface area contributed by atoms with E-state index in [0.29, 0.717) is 38.9 Å². The summed E-state index contributed by atoms with van der Waals surface area (Å²) in [7, 11) is 4.79. The molecule has 0 spiro atoms. The number of carbonyl (C=O) groups is 6. The van der Waals surface area contributed by atoms with E-state index in [-0.39, 0.29) is 91.2 Å². The van der Waals surface area contributed by atoms with Crippen molar-refractivity contribution in [1.29, 1.82) is 0 Å². The molecule has 0 aliphatic carbocycles. The Labute approximate surface area is 230 Å². The van der Waals surface area contributed by atoms with Crippen LogP contribution in [0.5, 0.6) is 0 Å². The zero-order valence-electron chi connectivity index (χ0n) is 22.9. The molecule has 37 heavy (non-hydrogen) atoms. The van der Waals surface area contributed by atoms with Gasteiger partial charge in [-0.25, -0.2) is 0 Å². The number of carbonyl (C=O) groups excluding carboxylic acids is 6. The molecule has 0 heterocycles. The van der Waals surface area contributed by atoms with Crippen LogP contribution < -0.4 is 15.3 Å². The number of nitrogens with zero attached hydrogens (tertiary/aromatic N) is 3. The van der Waals surface area contributed by atoms with Crippen LogP contribution in [0.4, 0.5) is 0 Å². The van der Waals surface area contributed by atoms with E-state index in [9.17, 15) is 44.1 Å². The molecular weight excluding hydrogens is 530 g/mol. The third kappa shape index (κ3) is 29.9. The van der Waals surface area contributed by atoms with Crippen molar-refractivity contribution in [2.75, 3.05) is 60.6 Å². The average Bonchev–Trinajstić information content (AvgIpc) is 2.78. The number of rotatable bonds is 15. The number of Topliss-reactive ketones (excluding diaryl/α,β-unsaturated/α-hetero) is 3. The van der Waals surface area contributed by atoms with Crippen LogP contribution in [-0.4, -0.2) is 110 Å². The summed E-state index contributed by atoms with van der Waals surface area (Å²) in [6, 6.07) is 0. The zero-order chi connectivity index (χ0) is 28.7. The third-order valence-corrected chi connectivity index (χ3v) is 4.39. The van der Waals surface area contributed by atoms with E-state index in [1.54, 1.807) is 21.1 Å². The molecule has 215 valence electrons. The summed E-state index contributed by atoms with van der Waals surface area (Å²) < 4.78 is 0. The molecule has 0 rings (SSSR count). The number of hydrogen-bond acceptors (Lipinski definition) is 9. The first-order chi connectivity index (χ1) is 16.7. The minimum atomic E-state index is -0.212. The standard InChI is InChI=1S/3C8H14NO3.Fe/c3*1-7(11)6-8(12)9(2)4-3-5-10;/h3*3-6H2,1-2H3;/q3*-1;+3. The summed E-state index contributed by atoms with van der Waals surface area (Å²) in [6.07, 6.45) is 1.15. The Kier molecular flexibility index (Phi) is 30.4. The predicted molar refractivity (Wildman–Crippen MR) is 127 cm³/mol. The Bertz CT molecular complexity index is 600. The Hall–Kier alpha value is -2.18. The first kappa shape index (κ1) is 41.9. The normalized spacial score (nSPS) is 9.32. The second kappa shape index (κ2) is 26.9. The van der Waals surface area contributed by atoms with Gasteiger partial charge < -0.3 is 30.0 Å². The van der Waals surface area contributed by atoms with Crippen LogP contribution in [0.1, 0.15) is 59.3 Å². The van der Waals surface area contributed by atoms with E-state index in [1.165, 1.54) is 35.5 Å². The summed E-state index contributed by atoms with van der Waals surface area (Å²) in [5.74, 6) is -1.07. The molecule has 3 amide bonds. The van der Waals surface area contributed by atoms with Crippen molar-refractivity contribution in [3.63, 3.8) is 0 Å². The molecule has 0 bridgehead atoms. The van der Waals surface area contributed by atoms with E-state index >= 15 is 0 Å². The van der Waals surface area contributed by atoms with Crippen LogP contribution >= 0.6 is 0 Å². The van der Waals surface area contributed by atoms with Crippen molar-refractivity contribution < 1.29 is 61.2 Å². The van der Waals surface area contributed by atoms with Gasteiger partial charge >= 0.3 is 17.1 Å². The monoisotopic (exact) mass is 572 g/mol. The molecule has 12 nitrogen and oxygen atoms in total. The fourth-order valence-electron chi connectivity index (χ4n) is 2.32. The second-order valence-corrected chi connectivity index (χ2v) is 8.26. The molecule has 0 aromatic heterocycles. The van der Waals surface area contributed by atoms with Crippen LogP contribution in [0.2, 0.25) is 0 Å². The van der Waals surface area contributed by atoms with Gasteiger partial charge in [-0.1, -0.05) is 19.3 Å². The van der Waals surface area contributed by atoms with E-state index in [1.807, 2.05) is 0 Å². The van der Waals surface area contributed by atoms with Crippen LogP contribution in [0, 0.1) is 0 Å². The molecule has 0 aromatic carbocycles. The van der Waals surface area contributed by atoms with Crippen LogP contribution in [0.3, 0.4) is 0 Å². The Morgan fingerprint density at radius 1 is 0.486 bits per heavy atom. The number of ketones is 3. The fraction of sp³-hybridized carbons (Fsp3) is 0.750. The Morgan fingerprint density at radius 2 is 0.676 bits per heavy atom. The van der Waals surface area contributed by atoms with Crippen LogP contribution in [0.15, 0.2) is 0 Å². The van der Waals surface area contributed by atoms with Gasteiger partial charge in [0.05, 0.1) is 19.3 Å². The maximum atomic E-state index is 11.1. The van der Waals surface area contributed by atoms with Crippen molar-refractivity contribution in [1.82, 2.24) is 14.7 Å². The molecule has 0 unspecified atom stereocenters. The van der Waals surface area contributed by atoms with E-state index < -0.39 is 0 Å². The molecule has 0 saturated carbocycles. The van der Waals surface area contributed by atoms with Gasteiger partial charge in [-0.05, 0) is 20.8 Å². The number of amides is 3. The minimum absolute atomic E-state index is 0. The maximum Gasteiger partial charge on any atom is 3.00 e. The zero-order valence-corrected chi connectivity index (χ0v) is 24.0. The van der Waals surface area contributed by atoms with Gasteiger partial charge in [0.15, 0.2) is 0 Å². The quantitative estimate of drug-likeness (QED) is 0.152. The average molecular weight is 572 g/mol. The van der Waals surface area contributed by atoms with Gasteiger partial charge in [-0.2, -0.15) is 0 Å². The fourth-order valence-corrected chi connectivity index (χ4v) is 2.32. The van der Waals surface area contributed by atoms with Crippen LogP contribution in [0.25, 0.3) is 0 Å². The largest absolute Gasteiger partial charge is 3.00 e. The molecular formula is C24H42FeN3O9. The first-order valence-electron chi connectivity index (χ1n) is 11.7. The SMILES string of the molecule is CC(=O)CC(=O)N(C)CCC[O-].CC(=O)CC(=O)N(C)CCC[O-].CC(=O)CC(=O)N(C)CCC[O-].[Fe+3]. The van der Waals surface area contributed by atoms with E-state index in [2.05, 4.69) is 0 Å². The molecule has 0 aliphatic heterocycles. The molecule has 0 aromatic rings. The molecule has 1 radical (unpaired) electrons. The van der Waals surface area contributed by atoms with Crippen molar-refractivity contribution in [2.24, 2.45) is 0 Å². The van der Waals surface area contributed by atoms with Crippen molar-refractivity contribution in [2.45, 2.75) is 59.3 Å². The van der Waals surface area contributed by atoms with Gasteiger partial charge in [0, 0.05) is 40.8 Å². The Balaban J connectivity index is -0.000000218.